The zero-order valence-corrected chi connectivity index (χ0v) is 12.0. The van der Waals surface area contributed by atoms with Crippen LogP contribution in [-0.4, -0.2) is 47.6 Å². The minimum atomic E-state index is -0.865. The maximum atomic E-state index is 12.3. The molecule has 5 heteroatoms. The van der Waals surface area contributed by atoms with Crippen LogP contribution in [0.1, 0.15) is 32.6 Å². The van der Waals surface area contributed by atoms with Gasteiger partial charge in [-0.15, -0.1) is 0 Å². The molecule has 5 nitrogen and oxygen atoms in total. The lowest BCUT2D eigenvalue weighted by molar-refractivity contribution is -0.147. The molecule has 1 aliphatic heterocycles. The highest BCUT2D eigenvalue weighted by atomic mass is 16.4. The number of rotatable bonds is 4. The van der Waals surface area contributed by atoms with Crippen LogP contribution in [0.15, 0.2) is 12.2 Å². The molecular weight excluding hydrogens is 256 g/mol. The third-order valence-electron chi connectivity index (χ3n) is 4.47. The number of carbonyl (C=O) groups is 2. The maximum absolute atomic E-state index is 12.3. The Morgan fingerprint density at radius 1 is 1.20 bits per heavy atom. The fraction of sp³-hybridized carbons (Fsp3) is 0.733. The van der Waals surface area contributed by atoms with E-state index in [1.807, 2.05) is 12.2 Å². The van der Waals surface area contributed by atoms with E-state index < -0.39 is 17.8 Å². The van der Waals surface area contributed by atoms with Crippen molar-refractivity contribution in [2.45, 2.75) is 38.6 Å². The van der Waals surface area contributed by atoms with Crippen LogP contribution < -0.4 is 5.32 Å². The first kappa shape index (κ1) is 15.0. The Balaban J connectivity index is 1.88. The van der Waals surface area contributed by atoms with E-state index in [4.69, 9.17) is 0 Å². The van der Waals surface area contributed by atoms with Gasteiger partial charge in [0, 0.05) is 19.1 Å². The normalized spacial score (nSPS) is 28.2. The zero-order chi connectivity index (χ0) is 14.5. The van der Waals surface area contributed by atoms with Gasteiger partial charge in [0.05, 0.1) is 11.8 Å². The molecule has 2 aliphatic rings. The van der Waals surface area contributed by atoms with Crippen molar-refractivity contribution in [1.82, 2.24) is 10.2 Å². The Kier molecular flexibility index (Phi) is 5.17. The van der Waals surface area contributed by atoms with Gasteiger partial charge >= 0.3 is 5.97 Å². The van der Waals surface area contributed by atoms with E-state index in [9.17, 15) is 14.7 Å². The highest BCUT2D eigenvalue weighted by molar-refractivity contribution is 5.85. The van der Waals surface area contributed by atoms with Gasteiger partial charge < -0.3 is 15.3 Å². The van der Waals surface area contributed by atoms with E-state index in [0.29, 0.717) is 12.8 Å². The van der Waals surface area contributed by atoms with Crippen LogP contribution in [-0.2, 0) is 9.59 Å². The van der Waals surface area contributed by atoms with E-state index in [1.165, 1.54) is 0 Å². The summed E-state index contributed by atoms with van der Waals surface area (Å²) >= 11 is 0. The Labute approximate surface area is 120 Å². The van der Waals surface area contributed by atoms with Crippen molar-refractivity contribution in [3.8, 4) is 0 Å². The van der Waals surface area contributed by atoms with Gasteiger partial charge in [0.2, 0.25) is 5.91 Å². The molecule has 0 aromatic carbocycles. The van der Waals surface area contributed by atoms with Crippen LogP contribution >= 0.6 is 0 Å². The van der Waals surface area contributed by atoms with Gasteiger partial charge in [-0.25, -0.2) is 0 Å². The maximum Gasteiger partial charge on any atom is 0.307 e. The molecule has 112 valence electrons. The Bertz CT molecular complexity index is 387. The topological polar surface area (TPSA) is 69.6 Å². The number of hydrogen-bond acceptors (Lipinski definition) is 3. The minimum Gasteiger partial charge on any atom is -0.481 e. The fourth-order valence-electron chi connectivity index (χ4n) is 3.08. The minimum absolute atomic E-state index is 0.0864. The number of amides is 1. The first-order chi connectivity index (χ1) is 9.61. The fourth-order valence-corrected chi connectivity index (χ4v) is 3.08. The third kappa shape index (κ3) is 3.60. The number of allylic oxidation sites excluding steroid dienone is 2. The predicted octanol–water partition coefficient (Wildman–Crippen LogP) is 1.25. The molecule has 0 saturated carbocycles. The summed E-state index contributed by atoms with van der Waals surface area (Å²) in [5, 5.41) is 12.3. The quantitative estimate of drug-likeness (QED) is 0.761. The Hall–Kier alpha value is -1.36. The van der Waals surface area contributed by atoms with Crippen molar-refractivity contribution in [2.75, 3.05) is 19.6 Å². The molecular formula is C15H24N2O3. The van der Waals surface area contributed by atoms with Crippen molar-refractivity contribution in [3.05, 3.63) is 12.2 Å². The molecule has 0 bridgehead atoms. The van der Waals surface area contributed by atoms with Crippen LogP contribution in [0, 0.1) is 11.8 Å². The van der Waals surface area contributed by atoms with Gasteiger partial charge in [-0.2, -0.15) is 0 Å². The molecule has 1 fully saturated rings. The van der Waals surface area contributed by atoms with Gasteiger partial charge in [-0.05, 0) is 32.2 Å². The molecule has 1 heterocycles. The molecule has 0 aromatic heterocycles. The van der Waals surface area contributed by atoms with Crippen molar-refractivity contribution in [2.24, 2.45) is 11.8 Å². The van der Waals surface area contributed by atoms with Crippen LogP contribution in [0.3, 0.4) is 0 Å². The second-order valence-electron chi connectivity index (χ2n) is 5.71. The molecule has 2 unspecified atom stereocenters. The lowest BCUT2D eigenvalue weighted by atomic mass is 9.82. The van der Waals surface area contributed by atoms with Crippen LogP contribution in [0.5, 0.6) is 0 Å². The second kappa shape index (κ2) is 6.88. The number of carbonyl (C=O) groups excluding carboxylic acids is 1. The van der Waals surface area contributed by atoms with E-state index in [0.717, 1.165) is 32.5 Å². The van der Waals surface area contributed by atoms with E-state index in [-0.39, 0.29) is 11.9 Å². The summed E-state index contributed by atoms with van der Waals surface area (Å²) in [6.45, 7) is 5.21. The number of likely N-dealkylation sites (tertiary alicyclic amines) is 1. The molecule has 0 aromatic rings. The third-order valence-corrected chi connectivity index (χ3v) is 4.47. The monoisotopic (exact) mass is 280 g/mol. The summed E-state index contributed by atoms with van der Waals surface area (Å²) < 4.78 is 0. The highest BCUT2D eigenvalue weighted by Crippen LogP contribution is 2.26. The predicted molar refractivity (Wildman–Crippen MR) is 76.3 cm³/mol. The summed E-state index contributed by atoms with van der Waals surface area (Å²) in [5.41, 5.74) is 0. The van der Waals surface area contributed by atoms with Crippen molar-refractivity contribution >= 4 is 11.9 Å². The van der Waals surface area contributed by atoms with Gasteiger partial charge in [0.1, 0.15) is 0 Å². The van der Waals surface area contributed by atoms with Crippen LogP contribution in [0.4, 0.5) is 0 Å². The molecule has 1 amide bonds. The van der Waals surface area contributed by atoms with Crippen LogP contribution in [0.2, 0.25) is 0 Å². The first-order valence-corrected chi connectivity index (χ1v) is 7.52. The summed E-state index contributed by atoms with van der Waals surface area (Å²) in [5.74, 6) is -1.94. The molecule has 0 spiro atoms. The summed E-state index contributed by atoms with van der Waals surface area (Å²) in [6, 6.07) is 0.200. The summed E-state index contributed by atoms with van der Waals surface area (Å²) in [6.07, 6.45) is 6.70. The van der Waals surface area contributed by atoms with E-state index >= 15 is 0 Å². The molecule has 1 saturated heterocycles. The smallest absolute Gasteiger partial charge is 0.307 e. The molecule has 0 radical (unpaired) electrons. The standard InChI is InChI=1S/C15H24N2O3/c1-2-17-9-7-11(8-10-17)16-14(18)12-5-3-4-6-13(12)15(19)20/h3-4,11-13H,2,5-10H2,1H3,(H,16,18)(H,19,20). The largest absolute Gasteiger partial charge is 0.481 e. The highest BCUT2D eigenvalue weighted by Gasteiger charge is 2.35. The molecule has 20 heavy (non-hydrogen) atoms. The van der Waals surface area contributed by atoms with Crippen molar-refractivity contribution in [1.29, 1.82) is 0 Å². The molecule has 1 aliphatic carbocycles. The number of hydrogen-bond donors (Lipinski definition) is 2. The average molecular weight is 280 g/mol. The lowest BCUT2D eigenvalue weighted by Gasteiger charge is -2.33. The first-order valence-electron chi connectivity index (χ1n) is 7.52. The van der Waals surface area contributed by atoms with Gasteiger partial charge in [0.15, 0.2) is 0 Å². The summed E-state index contributed by atoms with van der Waals surface area (Å²) in [4.78, 5) is 25.9. The summed E-state index contributed by atoms with van der Waals surface area (Å²) in [7, 11) is 0. The van der Waals surface area contributed by atoms with Crippen molar-refractivity contribution < 1.29 is 14.7 Å². The number of piperidine rings is 1. The van der Waals surface area contributed by atoms with Gasteiger partial charge in [0.25, 0.3) is 0 Å². The SMILES string of the molecule is CCN1CCC(NC(=O)C2CC=CCC2C(=O)O)CC1. The Morgan fingerprint density at radius 3 is 2.35 bits per heavy atom. The van der Waals surface area contributed by atoms with Crippen molar-refractivity contribution in [3.63, 3.8) is 0 Å². The zero-order valence-electron chi connectivity index (χ0n) is 12.0. The van der Waals surface area contributed by atoms with E-state index in [2.05, 4.69) is 17.1 Å². The molecule has 2 rings (SSSR count). The lowest BCUT2D eigenvalue weighted by Crippen LogP contribution is -2.48. The second-order valence-corrected chi connectivity index (χ2v) is 5.71. The number of carboxylic acid groups (broad SMARTS) is 1. The number of nitrogens with one attached hydrogen (secondary N) is 1. The average Bonchev–Trinajstić information content (AvgIpc) is 2.48. The number of carboxylic acids is 1. The molecule has 2 atom stereocenters. The Morgan fingerprint density at radius 2 is 1.80 bits per heavy atom. The molecule has 2 N–H and O–H groups in total. The van der Waals surface area contributed by atoms with Gasteiger partial charge in [-0.1, -0.05) is 19.1 Å². The van der Waals surface area contributed by atoms with E-state index in [1.54, 1.807) is 0 Å². The number of nitrogens with zero attached hydrogens (tertiary/aromatic N) is 1. The van der Waals surface area contributed by atoms with Crippen LogP contribution in [0.25, 0.3) is 0 Å². The van der Waals surface area contributed by atoms with Gasteiger partial charge in [-0.3, -0.25) is 9.59 Å². The number of aliphatic carboxylic acids is 1.